The first kappa shape index (κ1) is 14.8. The number of carbonyl (C=O) groups excluding carboxylic acids is 1. The smallest absolute Gasteiger partial charge is 0.326 e. The standard InChI is InChI=1S/C15H16N2O4S/c1-8-2-5-11(21-8)14-16-10(7-22-14)6-12(18)17-13(15(19)20)9-3-4-9/h2,5,7,9,13H,3-4,6H2,1H3,(H,17,18)(H,19,20). The summed E-state index contributed by atoms with van der Waals surface area (Å²) >= 11 is 1.40. The highest BCUT2D eigenvalue weighted by Crippen LogP contribution is 2.32. The van der Waals surface area contributed by atoms with Gasteiger partial charge in [0.15, 0.2) is 10.8 Å². The van der Waals surface area contributed by atoms with Crippen LogP contribution < -0.4 is 5.32 Å². The maximum atomic E-state index is 12.0. The summed E-state index contributed by atoms with van der Waals surface area (Å²) in [5.41, 5.74) is 0.617. The Hall–Kier alpha value is -2.15. The fourth-order valence-electron chi connectivity index (χ4n) is 2.25. The molecule has 2 aromatic heterocycles. The lowest BCUT2D eigenvalue weighted by atomic mass is 10.2. The van der Waals surface area contributed by atoms with E-state index in [4.69, 9.17) is 9.52 Å². The summed E-state index contributed by atoms with van der Waals surface area (Å²) in [7, 11) is 0. The van der Waals surface area contributed by atoms with Crippen LogP contribution in [0.5, 0.6) is 0 Å². The maximum Gasteiger partial charge on any atom is 0.326 e. The number of aryl methyl sites for hydroxylation is 1. The van der Waals surface area contributed by atoms with Crippen LogP contribution in [0.25, 0.3) is 10.8 Å². The highest BCUT2D eigenvalue weighted by molar-refractivity contribution is 7.13. The molecular formula is C15H16N2O4S. The predicted octanol–water partition coefficient (Wildman–Crippen LogP) is 2.23. The van der Waals surface area contributed by atoms with E-state index in [1.807, 2.05) is 19.1 Å². The normalized spacial score (nSPS) is 15.5. The minimum Gasteiger partial charge on any atom is -0.480 e. The molecule has 0 bridgehead atoms. The topological polar surface area (TPSA) is 92.4 Å². The second-order valence-corrected chi connectivity index (χ2v) is 6.31. The van der Waals surface area contributed by atoms with Crippen molar-refractivity contribution in [1.29, 1.82) is 0 Å². The number of aliphatic carboxylic acids is 1. The van der Waals surface area contributed by atoms with Gasteiger partial charge in [-0.2, -0.15) is 0 Å². The summed E-state index contributed by atoms with van der Waals surface area (Å²) in [6, 6.07) is 2.92. The van der Waals surface area contributed by atoms with Crippen LogP contribution in [0.15, 0.2) is 21.9 Å². The Morgan fingerprint density at radius 3 is 2.86 bits per heavy atom. The van der Waals surface area contributed by atoms with E-state index in [0.29, 0.717) is 16.5 Å². The summed E-state index contributed by atoms with van der Waals surface area (Å²) in [4.78, 5) is 27.5. The molecule has 3 rings (SSSR count). The molecule has 0 spiro atoms. The molecule has 0 aromatic carbocycles. The third-order valence-corrected chi connectivity index (χ3v) is 4.43. The molecule has 1 saturated carbocycles. The third kappa shape index (κ3) is 3.36. The van der Waals surface area contributed by atoms with Crippen molar-refractivity contribution in [2.75, 3.05) is 0 Å². The average Bonchev–Trinajstić information content (AvgIpc) is 3.04. The number of nitrogens with zero attached hydrogens (tertiary/aromatic N) is 1. The van der Waals surface area contributed by atoms with Gasteiger partial charge in [-0.25, -0.2) is 9.78 Å². The number of rotatable bonds is 6. The number of nitrogens with one attached hydrogen (secondary N) is 1. The zero-order valence-corrected chi connectivity index (χ0v) is 12.9. The van der Waals surface area contributed by atoms with Crippen LogP contribution in [0, 0.1) is 12.8 Å². The first-order valence-corrected chi connectivity index (χ1v) is 7.94. The van der Waals surface area contributed by atoms with Crippen LogP contribution in [0.1, 0.15) is 24.3 Å². The first-order chi connectivity index (χ1) is 10.5. The second-order valence-electron chi connectivity index (χ2n) is 5.45. The Balaban J connectivity index is 1.62. The fourth-order valence-corrected chi connectivity index (χ4v) is 3.03. The van der Waals surface area contributed by atoms with Gasteiger partial charge in [0, 0.05) is 5.38 Å². The quantitative estimate of drug-likeness (QED) is 0.851. The molecule has 0 aliphatic heterocycles. The van der Waals surface area contributed by atoms with Crippen LogP contribution in [-0.4, -0.2) is 28.0 Å². The van der Waals surface area contributed by atoms with Crippen molar-refractivity contribution in [2.24, 2.45) is 5.92 Å². The van der Waals surface area contributed by atoms with Crippen LogP contribution >= 0.6 is 11.3 Å². The number of carboxylic acids is 1. The number of carboxylic acid groups (broad SMARTS) is 1. The average molecular weight is 320 g/mol. The van der Waals surface area contributed by atoms with E-state index in [0.717, 1.165) is 18.6 Å². The molecule has 0 saturated heterocycles. The Bertz CT molecular complexity index is 702. The highest BCUT2D eigenvalue weighted by Gasteiger charge is 2.37. The molecule has 2 N–H and O–H groups in total. The largest absolute Gasteiger partial charge is 0.480 e. The minimum atomic E-state index is -0.971. The van der Waals surface area contributed by atoms with E-state index in [2.05, 4.69) is 10.3 Å². The summed E-state index contributed by atoms with van der Waals surface area (Å²) in [6.07, 6.45) is 1.79. The van der Waals surface area contributed by atoms with Crippen molar-refractivity contribution in [2.45, 2.75) is 32.2 Å². The first-order valence-electron chi connectivity index (χ1n) is 7.06. The Morgan fingerprint density at radius 2 is 2.27 bits per heavy atom. The van der Waals surface area contributed by atoms with Gasteiger partial charge in [0.1, 0.15) is 11.8 Å². The number of aromatic nitrogens is 1. The number of hydrogen-bond acceptors (Lipinski definition) is 5. The van der Waals surface area contributed by atoms with Gasteiger partial charge in [-0.05, 0) is 37.8 Å². The Kier molecular flexibility index (Phi) is 3.98. The van der Waals surface area contributed by atoms with E-state index in [1.165, 1.54) is 11.3 Å². The van der Waals surface area contributed by atoms with Gasteiger partial charge in [0.2, 0.25) is 5.91 Å². The fraction of sp³-hybridized carbons (Fsp3) is 0.400. The molecule has 2 heterocycles. The molecule has 1 aliphatic rings. The summed E-state index contributed by atoms with van der Waals surface area (Å²) < 4.78 is 5.49. The van der Waals surface area contributed by atoms with Crippen molar-refractivity contribution >= 4 is 23.2 Å². The Morgan fingerprint density at radius 1 is 1.50 bits per heavy atom. The number of amides is 1. The minimum absolute atomic E-state index is 0.0681. The lowest BCUT2D eigenvalue weighted by Gasteiger charge is -2.12. The SMILES string of the molecule is Cc1ccc(-c2nc(CC(=O)NC(C(=O)O)C3CC3)cs2)o1. The molecule has 0 radical (unpaired) electrons. The van der Waals surface area contributed by atoms with E-state index in [-0.39, 0.29) is 18.2 Å². The molecule has 116 valence electrons. The molecule has 6 nitrogen and oxygen atoms in total. The van der Waals surface area contributed by atoms with Crippen LogP contribution in [-0.2, 0) is 16.0 Å². The number of furan rings is 1. The van der Waals surface area contributed by atoms with E-state index in [1.54, 1.807) is 5.38 Å². The summed E-state index contributed by atoms with van der Waals surface area (Å²) in [5, 5.41) is 14.2. The van der Waals surface area contributed by atoms with Crippen LogP contribution in [0.2, 0.25) is 0 Å². The Labute approximate surface area is 131 Å². The van der Waals surface area contributed by atoms with Crippen molar-refractivity contribution in [3.63, 3.8) is 0 Å². The van der Waals surface area contributed by atoms with E-state index in [9.17, 15) is 9.59 Å². The van der Waals surface area contributed by atoms with Crippen molar-refractivity contribution in [3.8, 4) is 10.8 Å². The number of thiazole rings is 1. The molecule has 1 atom stereocenters. The van der Waals surface area contributed by atoms with Gasteiger partial charge in [-0.1, -0.05) is 0 Å². The molecule has 1 amide bonds. The number of hydrogen-bond donors (Lipinski definition) is 2. The summed E-state index contributed by atoms with van der Waals surface area (Å²) in [6.45, 7) is 1.86. The van der Waals surface area contributed by atoms with Crippen molar-refractivity contribution in [3.05, 3.63) is 29.0 Å². The molecule has 1 aliphatic carbocycles. The van der Waals surface area contributed by atoms with Gasteiger partial charge >= 0.3 is 5.97 Å². The maximum absolute atomic E-state index is 12.0. The van der Waals surface area contributed by atoms with Gasteiger partial charge in [0.05, 0.1) is 12.1 Å². The van der Waals surface area contributed by atoms with E-state index < -0.39 is 12.0 Å². The second kappa shape index (κ2) is 5.92. The lowest BCUT2D eigenvalue weighted by molar-refractivity contribution is -0.142. The van der Waals surface area contributed by atoms with Crippen LogP contribution in [0.4, 0.5) is 0 Å². The van der Waals surface area contributed by atoms with Crippen molar-refractivity contribution < 1.29 is 19.1 Å². The van der Waals surface area contributed by atoms with E-state index >= 15 is 0 Å². The molecule has 22 heavy (non-hydrogen) atoms. The van der Waals surface area contributed by atoms with Crippen molar-refractivity contribution in [1.82, 2.24) is 10.3 Å². The molecule has 2 aromatic rings. The van der Waals surface area contributed by atoms with Gasteiger partial charge < -0.3 is 14.8 Å². The molecule has 7 heteroatoms. The van der Waals surface area contributed by atoms with Gasteiger partial charge in [0.25, 0.3) is 0 Å². The highest BCUT2D eigenvalue weighted by atomic mass is 32.1. The zero-order valence-electron chi connectivity index (χ0n) is 12.0. The predicted molar refractivity (Wildman–Crippen MR) is 80.5 cm³/mol. The number of carbonyl (C=O) groups is 2. The monoisotopic (exact) mass is 320 g/mol. The third-order valence-electron chi connectivity index (χ3n) is 3.52. The molecule has 1 fully saturated rings. The lowest BCUT2D eigenvalue weighted by Crippen LogP contribution is -2.43. The van der Waals surface area contributed by atoms with Gasteiger partial charge in [-0.3, -0.25) is 4.79 Å². The van der Waals surface area contributed by atoms with Crippen LogP contribution in [0.3, 0.4) is 0 Å². The van der Waals surface area contributed by atoms with Gasteiger partial charge in [-0.15, -0.1) is 11.3 Å². The molecule has 1 unspecified atom stereocenters. The molecular weight excluding hydrogens is 304 g/mol. The summed E-state index contributed by atoms with van der Waals surface area (Å²) in [5.74, 6) is 0.264. The zero-order chi connectivity index (χ0) is 15.7.